The standard InChI is InChI=1S/C12H17N3O3/c1-7-8(2)13-14-11(10(7)12(16)17)15-5-4-9(6-15)18-3/h9H,4-6H2,1-3H3,(H,16,17). The van der Waals surface area contributed by atoms with E-state index in [9.17, 15) is 9.90 Å². The van der Waals surface area contributed by atoms with Crippen molar-refractivity contribution in [1.29, 1.82) is 0 Å². The third-order valence-electron chi connectivity index (χ3n) is 3.43. The lowest BCUT2D eigenvalue weighted by Gasteiger charge is -2.19. The van der Waals surface area contributed by atoms with Gasteiger partial charge in [-0.05, 0) is 25.8 Å². The first-order valence-electron chi connectivity index (χ1n) is 5.89. The Morgan fingerprint density at radius 3 is 2.72 bits per heavy atom. The van der Waals surface area contributed by atoms with Crippen molar-refractivity contribution in [3.8, 4) is 0 Å². The zero-order valence-corrected chi connectivity index (χ0v) is 10.8. The van der Waals surface area contributed by atoms with Crippen LogP contribution in [0.25, 0.3) is 0 Å². The largest absolute Gasteiger partial charge is 0.478 e. The predicted molar refractivity (Wildman–Crippen MR) is 66.1 cm³/mol. The zero-order chi connectivity index (χ0) is 13.3. The molecule has 1 aromatic heterocycles. The van der Waals surface area contributed by atoms with Crippen LogP contribution < -0.4 is 4.90 Å². The number of rotatable bonds is 3. The van der Waals surface area contributed by atoms with Gasteiger partial charge in [0.05, 0.1) is 11.8 Å². The monoisotopic (exact) mass is 251 g/mol. The molecule has 1 aromatic rings. The lowest BCUT2D eigenvalue weighted by atomic mass is 10.1. The van der Waals surface area contributed by atoms with E-state index in [-0.39, 0.29) is 11.7 Å². The smallest absolute Gasteiger partial charge is 0.339 e. The highest BCUT2D eigenvalue weighted by molar-refractivity contribution is 5.95. The average Bonchev–Trinajstić information content (AvgIpc) is 2.80. The van der Waals surface area contributed by atoms with Crippen molar-refractivity contribution in [3.63, 3.8) is 0 Å². The van der Waals surface area contributed by atoms with E-state index < -0.39 is 5.97 Å². The molecule has 0 bridgehead atoms. The highest BCUT2D eigenvalue weighted by Crippen LogP contribution is 2.26. The van der Waals surface area contributed by atoms with Crippen molar-refractivity contribution in [1.82, 2.24) is 10.2 Å². The maximum absolute atomic E-state index is 11.4. The minimum Gasteiger partial charge on any atom is -0.478 e. The maximum atomic E-state index is 11.4. The van der Waals surface area contributed by atoms with Crippen LogP contribution in [0.2, 0.25) is 0 Å². The summed E-state index contributed by atoms with van der Waals surface area (Å²) in [6, 6.07) is 0. The minimum atomic E-state index is -0.957. The Morgan fingerprint density at radius 1 is 1.44 bits per heavy atom. The molecular formula is C12H17N3O3. The van der Waals surface area contributed by atoms with E-state index in [0.29, 0.717) is 23.6 Å². The van der Waals surface area contributed by atoms with Gasteiger partial charge in [0.25, 0.3) is 0 Å². The number of methoxy groups -OCH3 is 1. The number of carbonyl (C=O) groups is 1. The summed E-state index contributed by atoms with van der Waals surface area (Å²) in [5.41, 5.74) is 1.58. The molecule has 0 amide bonds. The van der Waals surface area contributed by atoms with Gasteiger partial charge in [0.2, 0.25) is 0 Å². The molecule has 0 aliphatic carbocycles. The molecule has 6 nitrogen and oxygen atoms in total. The van der Waals surface area contributed by atoms with Gasteiger partial charge in [-0.15, -0.1) is 5.10 Å². The van der Waals surface area contributed by atoms with Gasteiger partial charge in [-0.25, -0.2) is 4.79 Å². The van der Waals surface area contributed by atoms with E-state index in [1.165, 1.54) is 0 Å². The van der Waals surface area contributed by atoms with E-state index >= 15 is 0 Å². The lowest BCUT2D eigenvalue weighted by molar-refractivity contribution is 0.0695. The summed E-state index contributed by atoms with van der Waals surface area (Å²) in [5, 5.41) is 17.4. The first kappa shape index (κ1) is 12.8. The molecule has 0 aromatic carbocycles. The molecule has 1 N–H and O–H groups in total. The highest BCUT2D eigenvalue weighted by Gasteiger charge is 2.28. The van der Waals surface area contributed by atoms with Crippen LogP contribution >= 0.6 is 0 Å². The number of aromatic carboxylic acids is 1. The van der Waals surface area contributed by atoms with Crippen LogP contribution in [0.1, 0.15) is 28.0 Å². The topological polar surface area (TPSA) is 75.5 Å². The second-order valence-corrected chi connectivity index (χ2v) is 4.51. The van der Waals surface area contributed by atoms with Crippen molar-refractivity contribution in [2.75, 3.05) is 25.1 Å². The Bertz CT molecular complexity index is 476. The summed E-state index contributed by atoms with van der Waals surface area (Å²) in [6.45, 7) is 4.94. The van der Waals surface area contributed by atoms with Crippen molar-refractivity contribution in [2.45, 2.75) is 26.4 Å². The number of hydrogen-bond donors (Lipinski definition) is 1. The van der Waals surface area contributed by atoms with Gasteiger partial charge in [0.1, 0.15) is 5.56 Å². The van der Waals surface area contributed by atoms with Gasteiger partial charge in [0.15, 0.2) is 5.82 Å². The van der Waals surface area contributed by atoms with Gasteiger partial charge >= 0.3 is 5.97 Å². The fraction of sp³-hybridized carbons (Fsp3) is 0.583. The van der Waals surface area contributed by atoms with E-state index in [1.54, 1.807) is 21.0 Å². The second-order valence-electron chi connectivity index (χ2n) is 4.51. The summed E-state index contributed by atoms with van der Waals surface area (Å²) >= 11 is 0. The molecule has 98 valence electrons. The summed E-state index contributed by atoms with van der Waals surface area (Å²) in [6.07, 6.45) is 1.01. The molecule has 18 heavy (non-hydrogen) atoms. The van der Waals surface area contributed by atoms with Gasteiger partial charge in [-0.2, -0.15) is 5.10 Å². The third-order valence-corrected chi connectivity index (χ3v) is 3.43. The number of hydrogen-bond acceptors (Lipinski definition) is 5. The van der Waals surface area contributed by atoms with Crippen LogP contribution in [-0.2, 0) is 4.74 Å². The Labute approximate surface area is 106 Å². The number of carboxylic acids is 1. The maximum Gasteiger partial charge on any atom is 0.339 e. The third kappa shape index (κ3) is 2.15. The molecule has 0 radical (unpaired) electrons. The van der Waals surface area contributed by atoms with Crippen molar-refractivity contribution in [2.24, 2.45) is 0 Å². The van der Waals surface area contributed by atoms with Crippen molar-refractivity contribution < 1.29 is 14.6 Å². The van der Waals surface area contributed by atoms with Crippen LogP contribution in [0, 0.1) is 13.8 Å². The zero-order valence-electron chi connectivity index (χ0n) is 10.8. The molecule has 1 fully saturated rings. The Morgan fingerprint density at radius 2 is 2.17 bits per heavy atom. The number of carboxylic acid groups (broad SMARTS) is 1. The van der Waals surface area contributed by atoms with Crippen LogP contribution in [0.4, 0.5) is 5.82 Å². The number of nitrogens with zero attached hydrogens (tertiary/aromatic N) is 3. The SMILES string of the molecule is COC1CCN(c2nnc(C)c(C)c2C(=O)O)C1. The van der Waals surface area contributed by atoms with E-state index in [4.69, 9.17) is 4.74 Å². The molecule has 1 saturated heterocycles. The van der Waals surface area contributed by atoms with Gasteiger partial charge in [0, 0.05) is 20.2 Å². The van der Waals surface area contributed by atoms with Crippen LogP contribution in [0.3, 0.4) is 0 Å². The molecule has 6 heteroatoms. The minimum absolute atomic E-state index is 0.134. The fourth-order valence-electron chi connectivity index (χ4n) is 2.19. The van der Waals surface area contributed by atoms with E-state index in [2.05, 4.69) is 10.2 Å². The van der Waals surface area contributed by atoms with Gasteiger partial charge in [-0.1, -0.05) is 0 Å². The Kier molecular flexibility index (Phi) is 3.47. The fourth-order valence-corrected chi connectivity index (χ4v) is 2.19. The summed E-state index contributed by atoms with van der Waals surface area (Å²) in [5.74, 6) is -0.508. The normalized spacial score (nSPS) is 19.3. The van der Waals surface area contributed by atoms with E-state index in [0.717, 1.165) is 13.0 Å². The number of anilines is 1. The summed E-state index contributed by atoms with van der Waals surface area (Å²) in [7, 11) is 1.67. The Balaban J connectivity index is 2.39. The molecule has 2 heterocycles. The first-order valence-corrected chi connectivity index (χ1v) is 5.89. The molecule has 0 spiro atoms. The van der Waals surface area contributed by atoms with Gasteiger partial charge in [-0.3, -0.25) is 0 Å². The molecule has 1 aliphatic heterocycles. The molecule has 1 unspecified atom stereocenters. The molecule has 1 aliphatic rings. The van der Waals surface area contributed by atoms with Gasteiger partial charge < -0.3 is 14.7 Å². The quantitative estimate of drug-likeness (QED) is 0.864. The first-order chi connectivity index (χ1) is 8.54. The highest BCUT2D eigenvalue weighted by atomic mass is 16.5. The number of ether oxygens (including phenoxy) is 1. The molecule has 2 rings (SSSR count). The average molecular weight is 251 g/mol. The van der Waals surface area contributed by atoms with E-state index in [1.807, 2.05) is 4.90 Å². The van der Waals surface area contributed by atoms with Crippen molar-refractivity contribution in [3.05, 3.63) is 16.8 Å². The second kappa shape index (κ2) is 4.89. The van der Waals surface area contributed by atoms with Crippen molar-refractivity contribution >= 4 is 11.8 Å². The van der Waals surface area contributed by atoms with Crippen LogP contribution in [0.5, 0.6) is 0 Å². The summed E-state index contributed by atoms with van der Waals surface area (Å²) < 4.78 is 5.28. The molecule has 1 atom stereocenters. The number of aryl methyl sites for hydroxylation is 1. The Hall–Kier alpha value is -1.69. The summed E-state index contributed by atoms with van der Waals surface area (Å²) in [4.78, 5) is 13.3. The van der Waals surface area contributed by atoms with Crippen LogP contribution in [0.15, 0.2) is 0 Å². The lowest BCUT2D eigenvalue weighted by Crippen LogP contribution is -2.26. The molecular weight excluding hydrogens is 234 g/mol. The number of aromatic nitrogens is 2. The van der Waals surface area contributed by atoms with Crippen LogP contribution in [-0.4, -0.2) is 47.6 Å². The molecule has 0 saturated carbocycles. The predicted octanol–water partition coefficient (Wildman–Crippen LogP) is 1.02.